The molecule has 2 aromatic rings. The summed E-state index contributed by atoms with van der Waals surface area (Å²) in [5, 5.41) is 2.60. The van der Waals surface area contributed by atoms with Crippen molar-refractivity contribution in [3.63, 3.8) is 0 Å². The number of nitrogen functional groups attached to an aromatic ring is 1. The molecule has 0 aromatic heterocycles. The Bertz CT molecular complexity index is 927. The quantitative estimate of drug-likeness (QED) is 0.645. The maximum atomic E-state index is 13.9. The summed E-state index contributed by atoms with van der Waals surface area (Å²) in [6, 6.07) is 10.6. The molecular weight excluding hydrogens is 357 g/mol. The summed E-state index contributed by atoms with van der Waals surface area (Å²) in [7, 11) is -3.94. The normalized spacial score (nSPS) is 14.2. The van der Waals surface area contributed by atoms with Crippen LogP contribution in [-0.4, -0.2) is 20.4 Å². The number of carbonyl (C=O) groups is 1. The Hall–Kier alpha value is -2.45. The van der Waals surface area contributed by atoms with Gasteiger partial charge in [-0.05, 0) is 49.1 Å². The molecule has 1 saturated carbocycles. The van der Waals surface area contributed by atoms with E-state index in [9.17, 15) is 17.6 Å². The number of rotatable bonds is 7. The Balaban J connectivity index is 1.67. The number of para-hydroxylation sites is 1. The summed E-state index contributed by atoms with van der Waals surface area (Å²) in [6.45, 7) is 0. The van der Waals surface area contributed by atoms with Gasteiger partial charge < -0.3 is 11.1 Å². The van der Waals surface area contributed by atoms with Crippen molar-refractivity contribution in [2.24, 2.45) is 0 Å². The second-order valence-electron chi connectivity index (χ2n) is 6.29. The van der Waals surface area contributed by atoms with Crippen molar-refractivity contribution in [1.29, 1.82) is 0 Å². The van der Waals surface area contributed by atoms with E-state index in [0.29, 0.717) is 12.1 Å². The van der Waals surface area contributed by atoms with Crippen molar-refractivity contribution in [1.82, 2.24) is 4.72 Å². The van der Waals surface area contributed by atoms with Crippen LogP contribution in [0.25, 0.3) is 0 Å². The average Bonchev–Trinajstić information content (AvgIpc) is 3.39. The summed E-state index contributed by atoms with van der Waals surface area (Å²) in [5.74, 6) is -1.16. The van der Waals surface area contributed by atoms with Crippen molar-refractivity contribution < 1.29 is 17.6 Å². The van der Waals surface area contributed by atoms with Gasteiger partial charge in [-0.25, -0.2) is 17.5 Å². The van der Waals surface area contributed by atoms with Crippen LogP contribution in [0.15, 0.2) is 47.4 Å². The molecule has 3 rings (SSSR count). The van der Waals surface area contributed by atoms with Gasteiger partial charge >= 0.3 is 0 Å². The van der Waals surface area contributed by atoms with Gasteiger partial charge in [0.1, 0.15) is 10.7 Å². The van der Waals surface area contributed by atoms with Gasteiger partial charge in [0.05, 0.1) is 0 Å². The fraction of sp³-hybridized carbons (Fsp3) is 0.278. The van der Waals surface area contributed by atoms with E-state index in [-0.39, 0.29) is 24.1 Å². The van der Waals surface area contributed by atoms with Crippen LogP contribution in [0.2, 0.25) is 0 Å². The van der Waals surface area contributed by atoms with Gasteiger partial charge in [0.25, 0.3) is 0 Å². The summed E-state index contributed by atoms with van der Waals surface area (Å²) in [6.07, 6.45) is 2.13. The van der Waals surface area contributed by atoms with Gasteiger partial charge in [0.15, 0.2) is 0 Å². The summed E-state index contributed by atoms with van der Waals surface area (Å²) in [4.78, 5) is 11.7. The summed E-state index contributed by atoms with van der Waals surface area (Å²) >= 11 is 0. The first-order valence-corrected chi connectivity index (χ1v) is 9.78. The Morgan fingerprint density at radius 2 is 1.92 bits per heavy atom. The lowest BCUT2D eigenvalue weighted by Gasteiger charge is -2.10. The van der Waals surface area contributed by atoms with Gasteiger partial charge in [-0.15, -0.1) is 0 Å². The minimum Gasteiger partial charge on any atom is -0.399 e. The molecule has 0 spiro atoms. The minimum atomic E-state index is -3.94. The number of hydrogen-bond donors (Lipinski definition) is 3. The number of nitrogens with two attached hydrogens (primary N) is 1. The molecule has 0 bridgehead atoms. The highest BCUT2D eigenvalue weighted by atomic mass is 32.2. The highest BCUT2D eigenvalue weighted by Gasteiger charge is 2.29. The van der Waals surface area contributed by atoms with Gasteiger partial charge in [-0.1, -0.05) is 18.2 Å². The second-order valence-corrected chi connectivity index (χ2v) is 7.97. The lowest BCUT2D eigenvalue weighted by Crippen LogP contribution is -2.26. The van der Waals surface area contributed by atoms with E-state index in [4.69, 9.17) is 5.73 Å². The predicted molar refractivity (Wildman–Crippen MR) is 97.5 cm³/mol. The lowest BCUT2D eigenvalue weighted by atomic mass is 10.1. The van der Waals surface area contributed by atoms with Gasteiger partial charge in [-0.3, -0.25) is 4.79 Å². The van der Waals surface area contributed by atoms with E-state index in [1.807, 2.05) is 18.2 Å². The van der Waals surface area contributed by atoms with E-state index >= 15 is 0 Å². The van der Waals surface area contributed by atoms with Crippen LogP contribution in [-0.2, 0) is 21.2 Å². The largest absolute Gasteiger partial charge is 0.399 e. The Kier molecular flexibility index (Phi) is 5.24. The van der Waals surface area contributed by atoms with Crippen LogP contribution in [0.3, 0.4) is 0 Å². The highest BCUT2D eigenvalue weighted by Crippen LogP contribution is 2.25. The molecule has 138 valence electrons. The molecule has 2 aromatic carbocycles. The molecule has 0 aliphatic heterocycles. The number of carbonyl (C=O) groups excluding carboxylic acids is 1. The Morgan fingerprint density at radius 3 is 2.62 bits per heavy atom. The third-order valence-corrected chi connectivity index (χ3v) is 5.62. The first-order chi connectivity index (χ1) is 12.3. The Morgan fingerprint density at radius 1 is 1.19 bits per heavy atom. The van der Waals surface area contributed by atoms with E-state index in [0.717, 1.165) is 30.5 Å². The van der Waals surface area contributed by atoms with Gasteiger partial charge in [-0.2, -0.15) is 0 Å². The van der Waals surface area contributed by atoms with E-state index in [1.54, 1.807) is 6.07 Å². The molecule has 26 heavy (non-hydrogen) atoms. The van der Waals surface area contributed by atoms with Crippen LogP contribution < -0.4 is 15.8 Å². The number of benzene rings is 2. The van der Waals surface area contributed by atoms with Crippen LogP contribution in [0, 0.1) is 5.82 Å². The standard InChI is InChI=1S/C18H20FN3O3S/c19-15-9-8-14(11-17(15)26(24,25)22-13-6-7-13)21-18(23)10-5-12-3-1-2-4-16(12)20/h1-4,8-9,11,13,22H,5-7,10,20H2,(H,21,23). The van der Waals surface area contributed by atoms with Crippen LogP contribution in [0.5, 0.6) is 0 Å². The molecule has 0 saturated heterocycles. The monoisotopic (exact) mass is 377 g/mol. The fourth-order valence-corrected chi connectivity index (χ4v) is 3.91. The summed E-state index contributed by atoms with van der Waals surface area (Å²) < 4.78 is 40.8. The van der Waals surface area contributed by atoms with Crippen molar-refractivity contribution in [3.05, 3.63) is 53.8 Å². The lowest BCUT2D eigenvalue weighted by molar-refractivity contribution is -0.116. The summed E-state index contributed by atoms with van der Waals surface area (Å²) in [5.41, 5.74) is 7.54. The molecular formula is C18H20FN3O3S. The molecule has 4 N–H and O–H groups in total. The predicted octanol–water partition coefficient (Wildman–Crippen LogP) is 2.42. The van der Waals surface area contributed by atoms with Crippen molar-refractivity contribution in [2.45, 2.75) is 36.6 Å². The number of nitrogens with one attached hydrogen (secondary N) is 2. The second kappa shape index (κ2) is 7.43. The number of aryl methyl sites for hydroxylation is 1. The molecule has 1 aliphatic rings. The van der Waals surface area contributed by atoms with E-state index in [2.05, 4.69) is 10.0 Å². The minimum absolute atomic E-state index is 0.131. The number of amides is 1. The molecule has 8 heteroatoms. The zero-order valence-electron chi connectivity index (χ0n) is 14.0. The van der Waals surface area contributed by atoms with Crippen molar-refractivity contribution in [2.75, 3.05) is 11.1 Å². The van der Waals surface area contributed by atoms with E-state index in [1.165, 1.54) is 6.07 Å². The molecule has 6 nitrogen and oxygen atoms in total. The van der Waals surface area contributed by atoms with Gasteiger partial charge in [0.2, 0.25) is 15.9 Å². The fourth-order valence-electron chi connectivity index (χ4n) is 2.50. The first kappa shape index (κ1) is 18.3. The molecule has 0 atom stereocenters. The zero-order chi connectivity index (χ0) is 18.7. The molecule has 0 heterocycles. The number of sulfonamides is 1. The molecule has 1 amide bonds. The van der Waals surface area contributed by atoms with E-state index < -0.39 is 20.7 Å². The maximum Gasteiger partial charge on any atom is 0.243 e. The third kappa shape index (κ3) is 4.59. The molecule has 1 aliphatic carbocycles. The van der Waals surface area contributed by atoms with Crippen molar-refractivity contribution in [3.8, 4) is 0 Å². The maximum absolute atomic E-state index is 13.9. The highest BCUT2D eigenvalue weighted by molar-refractivity contribution is 7.89. The number of hydrogen-bond acceptors (Lipinski definition) is 4. The van der Waals surface area contributed by atoms with Crippen LogP contribution >= 0.6 is 0 Å². The van der Waals surface area contributed by atoms with Crippen LogP contribution in [0.4, 0.5) is 15.8 Å². The molecule has 0 radical (unpaired) electrons. The van der Waals surface area contributed by atoms with Crippen LogP contribution in [0.1, 0.15) is 24.8 Å². The first-order valence-electron chi connectivity index (χ1n) is 8.30. The Labute approximate surface area is 151 Å². The number of halogens is 1. The molecule has 1 fully saturated rings. The van der Waals surface area contributed by atoms with Gasteiger partial charge in [0, 0.05) is 23.8 Å². The topological polar surface area (TPSA) is 101 Å². The van der Waals surface area contributed by atoms with Crippen molar-refractivity contribution >= 4 is 27.3 Å². The zero-order valence-corrected chi connectivity index (χ0v) is 14.9. The third-order valence-electron chi connectivity index (χ3n) is 4.08. The average molecular weight is 377 g/mol. The SMILES string of the molecule is Nc1ccccc1CCC(=O)Nc1ccc(F)c(S(=O)(=O)NC2CC2)c1. The smallest absolute Gasteiger partial charge is 0.243 e. The molecule has 0 unspecified atom stereocenters. The number of anilines is 2.